The van der Waals surface area contributed by atoms with Gasteiger partial charge < -0.3 is 5.11 Å². The lowest BCUT2D eigenvalue weighted by Crippen LogP contribution is -2.15. The molecule has 2 aromatic rings. The van der Waals surface area contributed by atoms with Gasteiger partial charge in [-0.15, -0.1) is 11.3 Å². The number of nitrogens with zero attached hydrogens (tertiary/aromatic N) is 2. The number of hydrogen-bond acceptors (Lipinski definition) is 4. The van der Waals surface area contributed by atoms with E-state index in [1.807, 2.05) is 6.07 Å². The maximum atomic E-state index is 13.9. The third-order valence-electron chi connectivity index (χ3n) is 3.07. The van der Waals surface area contributed by atoms with Gasteiger partial charge in [-0.3, -0.25) is 0 Å². The second kappa shape index (κ2) is 6.55. The van der Waals surface area contributed by atoms with Crippen LogP contribution in [0, 0.1) is 23.0 Å². The van der Waals surface area contributed by atoms with E-state index in [1.54, 1.807) is 5.38 Å². The molecule has 3 nitrogen and oxygen atoms in total. The summed E-state index contributed by atoms with van der Waals surface area (Å²) in [5.41, 5.74) is -0.164. The summed E-state index contributed by atoms with van der Waals surface area (Å²) in [5, 5.41) is 20.7. The van der Waals surface area contributed by atoms with Crippen molar-refractivity contribution in [2.24, 2.45) is 0 Å². The maximum Gasteiger partial charge on any atom is 0.129 e. The molecule has 1 aromatic heterocycles. The molecule has 1 heterocycles. The number of thiazole rings is 1. The quantitative estimate of drug-likeness (QED) is 0.921. The number of aliphatic hydroxyl groups excluding tert-OH is 1. The Bertz CT molecular complexity index is 590. The third kappa shape index (κ3) is 2.84. The monoisotopic (exact) mass is 294 g/mol. The van der Waals surface area contributed by atoms with E-state index in [2.05, 4.69) is 4.98 Å². The summed E-state index contributed by atoms with van der Waals surface area (Å²) in [4.78, 5) is 4.04. The lowest BCUT2D eigenvalue weighted by Gasteiger charge is -2.21. The number of halogens is 2. The summed E-state index contributed by atoms with van der Waals surface area (Å²) < 4.78 is 27.8. The molecule has 0 aliphatic carbocycles. The summed E-state index contributed by atoms with van der Waals surface area (Å²) in [6, 6.07) is 5.62. The van der Waals surface area contributed by atoms with Gasteiger partial charge in [0, 0.05) is 29.7 Å². The van der Waals surface area contributed by atoms with Gasteiger partial charge in [-0.1, -0.05) is 6.07 Å². The average Bonchev–Trinajstić information content (AvgIpc) is 2.93. The first kappa shape index (κ1) is 14.6. The van der Waals surface area contributed by atoms with Crippen LogP contribution in [0.2, 0.25) is 0 Å². The van der Waals surface area contributed by atoms with Gasteiger partial charge in [0.15, 0.2) is 0 Å². The van der Waals surface area contributed by atoms with Gasteiger partial charge >= 0.3 is 0 Å². The fraction of sp³-hybridized carbons (Fsp3) is 0.286. The summed E-state index contributed by atoms with van der Waals surface area (Å²) in [6.45, 7) is -0.262. The van der Waals surface area contributed by atoms with Crippen molar-refractivity contribution in [2.45, 2.75) is 18.3 Å². The molecule has 0 bridgehead atoms. The Labute approximate surface area is 119 Å². The van der Waals surface area contributed by atoms with Gasteiger partial charge in [0.25, 0.3) is 0 Å². The highest BCUT2D eigenvalue weighted by Gasteiger charge is 2.30. The Kier molecular flexibility index (Phi) is 4.77. The highest BCUT2D eigenvalue weighted by atomic mass is 32.1. The normalized spacial score (nSPS) is 13.7. The minimum atomic E-state index is -0.784. The van der Waals surface area contributed by atoms with E-state index in [1.165, 1.54) is 23.6 Å². The highest BCUT2D eigenvalue weighted by molar-refractivity contribution is 7.09. The Hall–Kier alpha value is -1.84. The molecule has 0 fully saturated rings. The molecular formula is C14H12F2N2OS. The molecule has 104 valence electrons. The zero-order valence-electron chi connectivity index (χ0n) is 10.5. The van der Waals surface area contributed by atoms with E-state index in [9.17, 15) is 14.0 Å². The molecule has 0 radical (unpaired) electrons. The van der Waals surface area contributed by atoms with Crippen LogP contribution in [0.5, 0.6) is 0 Å². The van der Waals surface area contributed by atoms with Crippen LogP contribution in [0.1, 0.15) is 28.8 Å². The van der Waals surface area contributed by atoms with Crippen LogP contribution in [0.4, 0.5) is 8.78 Å². The number of nitriles is 1. The second-order valence-corrected chi connectivity index (χ2v) is 5.16. The summed E-state index contributed by atoms with van der Waals surface area (Å²) in [6.07, 6.45) is 1.63. The molecule has 0 saturated heterocycles. The molecule has 6 heteroatoms. The van der Waals surface area contributed by atoms with E-state index in [0.29, 0.717) is 5.01 Å². The van der Waals surface area contributed by atoms with Gasteiger partial charge in [0.2, 0.25) is 0 Å². The molecule has 1 N–H and O–H groups in total. The zero-order chi connectivity index (χ0) is 14.5. The Morgan fingerprint density at radius 2 is 2.05 bits per heavy atom. The number of aliphatic hydroxyl groups is 1. The van der Waals surface area contributed by atoms with Gasteiger partial charge in [0.05, 0.1) is 6.07 Å². The molecule has 2 atom stereocenters. The number of benzene rings is 1. The van der Waals surface area contributed by atoms with Crippen LogP contribution >= 0.6 is 11.3 Å². The van der Waals surface area contributed by atoms with Crippen molar-refractivity contribution in [3.8, 4) is 6.07 Å². The Balaban J connectivity index is 2.48. The number of aromatic nitrogens is 1. The molecule has 20 heavy (non-hydrogen) atoms. The summed E-state index contributed by atoms with van der Waals surface area (Å²) in [5.74, 6) is -2.97. The third-order valence-corrected chi connectivity index (χ3v) is 3.93. The fourth-order valence-corrected chi connectivity index (χ4v) is 2.93. The van der Waals surface area contributed by atoms with Crippen molar-refractivity contribution in [3.63, 3.8) is 0 Å². The first-order valence-corrected chi connectivity index (χ1v) is 6.90. The first-order valence-electron chi connectivity index (χ1n) is 6.02. The molecule has 0 aliphatic heterocycles. The fourth-order valence-electron chi connectivity index (χ4n) is 2.19. The first-order chi connectivity index (χ1) is 9.69. The number of hydrogen-bond donors (Lipinski definition) is 1. The van der Waals surface area contributed by atoms with Gasteiger partial charge in [-0.2, -0.15) is 5.26 Å². The molecule has 2 rings (SSSR count). The van der Waals surface area contributed by atoms with Gasteiger partial charge in [-0.25, -0.2) is 13.8 Å². The molecule has 0 amide bonds. The van der Waals surface area contributed by atoms with Crippen molar-refractivity contribution in [1.82, 2.24) is 4.98 Å². The summed E-state index contributed by atoms with van der Waals surface area (Å²) >= 11 is 1.26. The Morgan fingerprint density at radius 3 is 2.55 bits per heavy atom. The minimum Gasteiger partial charge on any atom is -0.396 e. The SMILES string of the molecule is N#C[C@@H](c1nccs1)[C@@H](CCO)c1c(F)cccc1F. The number of rotatable bonds is 5. The standard InChI is InChI=1S/C14H12F2N2OS/c15-11-2-1-3-12(16)13(11)9(4-6-19)10(8-17)14-18-5-7-20-14/h1-3,5,7,9-10,19H,4,6H2/t9-,10-/m1/s1. The largest absolute Gasteiger partial charge is 0.396 e. The molecule has 0 spiro atoms. The van der Waals surface area contributed by atoms with Gasteiger partial charge in [0.1, 0.15) is 22.6 Å². The van der Waals surface area contributed by atoms with E-state index in [0.717, 1.165) is 12.1 Å². The lowest BCUT2D eigenvalue weighted by molar-refractivity contribution is 0.269. The minimum absolute atomic E-state index is 0.0929. The predicted molar refractivity (Wildman–Crippen MR) is 71.3 cm³/mol. The maximum absolute atomic E-state index is 13.9. The molecular weight excluding hydrogens is 282 g/mol. The van der Waals surface area contributed by atoms with Crippen LogP contribution in [-0.2, 0) is 0 Å². The summed E-state index contributed by atoms with van der Waals surface area (Å²) in [7, 11) is 0. The molecule has 0 aliphatic rings. The second-order valence-electron chi connectivity index (χ2n) is 4.23. The van der Waals surface area contributed by atoms with Crippen LogP contribution < -0.4 is 0 Å². The van der Waals surface area contributed by atoms with Crippen molar-refractivity contribution in [1.29, 1.82) is 5.26 Å². The zero-order valence-corrected chi connectivity index (χ0v) is 11.3. The highest BCUT2D eigenvalue weighted by Crippen LogP contribution is 2.38. The van der Waals surface area contributed by atoms with Crippen LogP contribution in [0.3, 0.4) is 0 Å². The molecule has 1 aromatic carbocycles. The lowest BCUT2D eigenvalue weighted by atomic mass is 9.84. The van der Waals surface area contributed by atoms with Gasteiger partial charge in [-0.05, 0) is 18.6 Å². The van der Waals surface area contributed by atoms with E-state index < -0.39 is 23.5 Å². The topological polar surface area (TPSA) is 56.9 Å². The Morgan fingerprint density at radius 1 is 1.35 bits per heavy atom. The smallest absolute Gasteiger partial charge is 0.129 e. The molecule has 0 saturated carbocycles. The van der Waals surface area contributed by atoms with Crippen LogP contribution in [0.15, 0.2) is 29.8 Å². The van der Waals surface area contributed by atoms with Crippen molar-refractivity contribution >= 4 is 11.3 Å². The molecule has 0 unspecified atom stereocenters. The van der Waals surface area contributed by atoms with E-state index in [-0.39, 0.29) is 18.6 Å². The van der Waals surface area contributed by atoms with Crippen molar-refractivity contribution in [3.05, 3.63) is 52.0 Å². The van der Waals surface area contributed by atoms with Crippen molar-refractivity contribution < 1.29 is 13.9 Å². The van der Waals surface area contributed by atoms with E-state index in [4.69, 9.17) is 5.11 Å². The average molecular weight is 294 g/mol. The van der Waals surface area contributed by atoms with Crippen LogP contribution in [0.25, 0.3) is 0 Å². The van der Waals surface area contributed by atoms with Crippen LogP contribution in [-0.4, -0.2) is 16.7 Å². The van der Waals surface area contributed by atoms with E-state index >= 15 is 0 Å². The van der Waals surface area contributed by atoms with Crippen molar-refractivity contribution in [2.75, 3.05) is 6.61 Å². The predicted octanol–water partition coefficient (Wildman–Crippen LogP) is 3.19.